The van der Waals surface area contributed by atoms with Gasteiger partial charge in [0.2, 0.25) is 65.0 Å². The fourth-order valence-corrected chi connectivity index (χ4v) is 10.8. The minimum absolute atomic E-state index is 0.0242. The van der Waals surface area contributed by atoms with Crippen LogP contribution in [0.2, 0.25) is 0 Å². The van der Waals surface area contributed by atoms with Crippen LogP contribution in [0.3, 0.4) is 0 Å². The van der Waals surface area contributed by atoms with Gasteiger partial charge in [0.05, 0.1) is 31.1 Å². The first-order valence-electron chi connectivity index (χ1n) is 30.4. The van der Waals surface area contributed by atoms with Crippen molar-refractivity contribution in [2.24, 2.45) is 11.5 Å². The number of aliphatic carboxylic acids is 1. The SMILES string of the molecule is C[C@@H](O)[C@@H]1NC(=O)[C@H](CCCCN)NC(=O)[C@@H](Cc2cc3ccccc3[nH]2)NC(=O)[C@H](Cc2ccc(O)cc2)NC(=O)[C@H](CCSCC(=O)NC[C@H](N)C(=O)N[C@@H](Cc2ccc(N)cc2)C(=O)N[C@@H](CS)C(=O)N[C@H](C(=O)N[C@@H](CO)C(=O)O)[C@@H](C)O)N(C)C(=O)CNC1=O. The van der Waals surface area contributed by atoms with E-state index < -0.39 is 163 Å². The van der Waals surface area contributed by atoms with E-state index in [0.29, 0.717) is 35.3 Å². The van der Waals surface area contributed by atoms with Crippen LogP contribution in [0.25, 0.3) is 10.9 Å². The molecule has 1 saturated heterocycles. The van der Waals surface area contributed by atoms with Gasteiger partial charge in [0.25, 0.3) is 0 Å². The molecule has 0 spiro atoms. The Labute approximate surface area is 556 Å². The number of hydrogen-bond acceptors (Lipinski definition) is 21. The molecule has 518 valence electrons. The molecule has 95 heavy (non-hydrogen) atoms. The maximum Gasteiger partial charge on any atom is 0.328 e. The van der Waals surface area contributed by atoms with Gasteiger partial charge >= 0.3 is 5.97 Å². The van der Waals surface area contributed by atoms with Gasteiger partial charge in [0.1, 0.15) is 66.2 Å². The number of para-hydroxylation sites is 1. The summed E-state index contributed by atoms with van der Waals surface area (Å²) in [5.74, 6) is -12.4. The van der Waals surface area contributed by atoms with Gasteiger partial charge in [-0.2, -0.15) is 24.4 Å². The summed E-state index contributed by atoms with van der Waals surface area (Å²) in [4.78, 5) is 169. The number of likely N-dealkylation sites (N-methyl/N-ethyl adjacent to an activating group) is 1. The molecular weight excluding hydrogens is 1280 g/mol. The lowest BCUT2D eigenvalue weighted by atomic mass is 10.0. The summed E-state index contributed by atoms with van der Waals surface area (Å²) >= 11 is 5.14. The number of H-pyrrole nitrogens is 1. The Morgan fingerprint density at radius 1 is 0.716 bits per heavy atom. The number of nitrogens with two attached hydrogens (primary N) is 3. The summed E-state index contributed by atoms with van der Waals surface area (Å²) in [6.07, 6.45) is -3.09. The number of phenolic OH excluding ortho intramolecular Hbond substituents is 1. The average molecular weight is 1360 g/mol. The molecule has 1 aliphatic heterocycles. The zero-order chi connectivity index (χ0) is 70.1. The third-order valence-corrected chi connectivity index (χ3v) is 16.6. The number of carboxylic acids is 1. The van der Waals surface area contributed by atoms with Crippen LogP contribution >= 0.6 is 24.4 Å². The summed E-state index contributed by atoms with van der Waals surface area (Å²) in [7, 11) is 1.26. The lowest BCUT2D eigenvalue weighted by Gasteiger charge is -2.31. The van der Waals surface area contributed by atoms with Crippen LogP contribution in [-0.4, -0.2) is 230 Å². The predicted octanol–water partition coefficient (Wildman–Crippen LogP) is -5.22. The molecule has 2 heterocycles. The van der Waals surface area contributed by atoms with Crippen molar-refractivity contribution in [2.45, 2.75) is 131 Å². The number of fused-ring (bicyclic) bond motifs is 1. The van der Waals surface area contributed by atoms with Crippen molar-refractivity contribution in [2.75, 3.05) is 56.3 Å². The summed E-state index contributed by atoms with van der Waals surface area (Å²) in [6.45, 7) is 0.346. The second-order valence-corrected chi connectivity index (χ2v) is 24.2. The average Bonchev–Trinajstić information content (AvgIpc) is 1.82. The number of carbonyl (C=O) groups is 12. The third-order valence-electron chi connectivity index (χ3n) is 15.2. The number of phenols is 1. The quantitative estimate of drug-likeness (QED) is 0.0132. The Morgan fingerprint density at radius 2 is 1.32 bits per heavy atom. The van der Waals surface area contributed by atoms with E-state index in [9.17, 15) is 83.1 Å². The number of aromatic amines is 1. The number of aromatic hydroxyl groups is 1. The number of aliphatic hydroxyl groups is 3. The summed E-state index contributed by atoms with van der Waals surface area (Å²) < 4.78 is 0. The number of amides is 11. The maximum atomic E-state index is 14.8. The Bertz CT molecular complexity index is 3290. The largest absolute Gasteiger partial charge is 0.508 e. The number of nitrogens with one attached hydrogen (secondary N) is 11. The number of carbonyl (C=O) groups excluding carboxylic acids is 11. The number of benzene rings is 3. The number of unbranched alkanes of at least 4 members (excludes halogenated alkanes) is 1. The van der Waals surface area contributed by atoms with Gasteiger partial charge in [0, 0.05) is 55.5 Å². The van der Waals surface area contributed by atoms with E-state index in [0.717, 1.165) is 34.5 Å². The number of nitrogens with zero attached hydrogens (tertiary/aromatic N) is 1. The fraction of sp³-hybridized carbons (Fsp3) is 0.475. The van der Waals surface area contributed by atoms with Crippen molar-refractivity contribution in [3.05, 3.63) is 95.7 Å². The highest BCUT2D eigenvalue weighted by atomic mass is 32.2. The molecule has 11 amide bonds. The fourth-order valence-electron chi connectivity index (χ4n) is 9.73. The molecule has 0 unspecified atom stereocenters. The van der Waals surface area contributed by atoms with Gasteiger partial charge in [-0.1, -0.05) is 42.5 Å². The van der Waals surface area contributed by atoms with Gasteiger partial charge in [-0.05, 0) is 105 Å². The standard InChI is InChI=1S/C61H85N15O17S2/c1-31(78)50-59(90)66-27-49(82)76(3)47(58(89)71-43(23-34-13-17-38(80)18-14-34)54(85)70-44(25-37-24-35-8-4-5-9-40(35)67-37)56(87)68-41(53(84)74-50)10-6-7-20-62)19-21-95-30-48(81)65-26-39(64)52(83)69-42(22-33-11-15-36(63)16-12-33)55(86)73-46(29-94)57(88)75-51(32(2)79)60(91)72-45(28-77)61(92)93/h4-5,8-9,11-18,24,31-32,39,41-47,50-51,67,77-80,94H,6-7,10,19-23,25-30,62-64H2,1-3H3,(H,65,81)(H,66,90)(H,68,87)(H,69,83)(H,70,85)(H,71,89)(H,72,91)(H,73,86)(H,74,84)(H,75,88)(H,92,93)/t31-,32-,39+,41+,42+,43+,44-,45+,46+,47+,50+,51+/m1/s1. The molecule has 0 saturated carbocycles. The lowest BCUT2D eigenvalue weighted by Crippen LogP contribution is -2.62. The number of anilines is 1. The number of thiol groups is 1. The number of nitrogen functional groups attached to an aromatic ring is 1. The van der Waals surface area contributed by atoms with Crippen LogP contribution in [0.4, 0.5) is 5.69 Å². The van der Waals surface area contributed by atoms with E-state index in [1.807, 2.05) is 23.5 Å². The Morgan fingerprint density at radius 3 is 1.94 bits per heavy atom. The first-order chi connectivity index (χ1) is 45.1. The molecule has 0 radical (unpaired) electrons. The molecule has 1 aliphatic rings. The second kappa shape index (κ2) is 37.7. The zero-order valence-corrected chi connectivity index (χ0v) is 54.2. The first-order valence-corrected chi connectivity index (χ1v) is 32.2. The smallest absolute Gasteiger partial charge is 0.328 e. The van der Waals surface area contributed by atoms with Crippen LogP contribution in [0.1, 0.15) is 56.4 Å². The van der Waals surface area contributed by atoms with E-state index in [1.54, 1.807) is 24.3 Å². The summed E-state index contributed by atoms with van der Waals surface area (Å²) in [6, 6.07) is 5.67. The third kappa shape index (κ3) is 24.0. The molecule has 1 aromatic heterocycles. The molecule has 34 heteroatoms. The lowest BCUT2D eigenvalue weighted by molar-refractivity contribution is -0.144. The number of hydrogen-bond donors (Lipinski definition) is 20. The summed E-state index contributed by atoms with van der Waals surface area (Å²) in [5, 5.41) is 75.3. The van der Waals surface area contributed by atoms with Gasteiger partial charge in [-0.3, -0.25) is 52.7 Å². The zero-order valence-electron chi connectivity index (χ0n) is 52.5. The van der Waals surface area contributed by atoms with Crippen molar-refractivity contribution in [3.8, 4) is 5.75 Å². The molecule has 3 aromatic carbocycles. The highest BCUT2D eigenvalue weighted by molar-refractivity contribution is 7.99. The Kier molecular flexibility index (Phi) is 30.4. The molecule has 0 bridgehead atoms. The molecule has 12 atom stereocenters. The van der Waals surface area contributed by atoms with E-state index in [4.69, 9.17) is 17.2 Å². The monoisotopic (exact) mass is 1360 g/mol. The topological polar surface area (TPSA) is 523 Å². The number of aliphatic hydroxyl groups excluding tert-OH is 3. The van der Waals surface area contributed by atoms with Crippen LogP contribution in [0.15, 0.2) is 78.9 Å². The number of thioether (sulfide) groups is 1. The van der Waals surface area contributed by atoms with Crippen LogP contribution in [0, 0.1) is 0 Å². The minimum atomic E-state index is -1.77. The van der Waals surface area contributed by atoms with Gasteiger partial charge in [-0.25, -0.2) is 4.79 Å². The van der Waals surface area contributed by atoms with Crippen LogP contribution in [-0.2, 0) is 76.8 Å². The van der Waals surface area contributed by atoms with E-state index in [1.165, 1.54) is 50.4 Å². The highest BCUT2D eigenvalue weighted by Gasteiger charge is 2.38. The second-order valence-electron chi connectivity index (χ2n) is 22.7. The molecule has 32 nitrogen and oxygen atoms in total. The molecule has 5 rings (SSSR count). The minimum Gasteiger partial charge on any atom is -0.508 e. The first kappa shape index (κ1) is 76.7. The van der Waals surface area contributed by atoms with Crippen molar-refractivity contribution >= 4 is 112 Å². The van der Waals surface area contributed by atoms with Crippen molar-refractivity contribution < 1.29 is 83.1 Å². The molecule has 0 aliphatic carbocycles. The number of aromatic nitrogens is 1. The predicted molar refractivity (Wildman–Crippen MR) is 351 cm³/mol. The van der Waals surface area contributed by atoms with Gasteiger partial charge in [-0.15, -0.1) is 0 Å². The van der Waals surface area contributed by atoms with Crippen molar-refractivity contribution in [1.82, 2.24) is 63.1 Å². The molecule has 4 aromatic rings. The van der Waals surface area contributed by atoms with E-state index in [2.05, 4.69) is 65.5 Å². The van der Waals surface area contributed by atoms with E-state index >= 15 is 0 Å². The number of rotatable bonds is 30. The van der Waals surface area contributed by atoms with Gasteiger partial charge in [0.15, 0.2) is 0 Å². The normalized spacial score (nSPS) is 19.8. The Balaban J connectivity index is 1.33. The van der Waals surface area contributed by atoms with Gasteiger partial charge < -0.3 is 106 Å². The van der Waals surface area contributed by atoms with Crippen molar-refractivity contribution in [3.63, 3.8) is 0 Å². The Hall–Kier alpha value is -9.06. The highest BCUT2D eigenvalue weighted by Crippen LogP contribution is 2.19. The molecular formula is C61H85N15O17S2. The van der Waals surface area contributed by atoms with Crippen molar-refractivity contribution in [1.29, 1.82) is 0 Å². The summed E-state index contributed by atoms with van der Waals surface area (Å²) in [5.41, 5.74) is 20.4. The van der Waals surface area contributed by atoms with E-state index in [-0.39, 0.29) is 61.7 Å². The van der Waals surface area contributed by atoms with Crippen LogP contribution in [0.5, 0.6) is 5.75 Å². The molecule has 1 fully saturated rings. The maximum absolute atomic E-state index is 14.8. The molecule has 22 N–H and O–H groups in total. The number of carboxylic acid groups (broad SMARTS) is 1. The van der Waals surface area contributed by atoms with Crippen LogP contribution < -0.4 is 70.4 Å².